The summed E-state index contributed by atoms with van der Waals surface area (Å²) >= 11 is 0. The summed E-state index contributed by atoms with van der Waals surface area (Å²) in [7, 11) is -3.71. The highest BCUT2D eigenvalue weighted by Gasteiger charge is 2.31. The molecule has 0 heterocycles. The number of nitrogens with two attached hydrogens (primary N) is 1. The Morgan fingerprint density at radius 3 is 2.19 bits per heavy atom. The maximum Gasteiger partial charge on any atom is 0.241 e. The first-order valence-electron chi connectivity index (χ1n) is 4.65. The monoisotopic (exact) mass is 242 g/mol. The maximum atomic E-state index is 11.8. The van der Waals surface area contributed by atoms with Crippen molar-refractivity contribution in [1.82, 2.24) is 4.72 Å². The van der Waals surface area contributed by atoms with Crippen molar-refractivity contribution in [2.75, 3.05) is 0 Å². The van der Waals surface area contributed by atoms with Crippen molar-refractivity contribution in [3.8, 4) is 0 Å². The van der Waals surface area contributed by atoms with Crippen LogP contribution in [0, 0.1) is 0 Å². The number of sulfonamides is 1. The second-order valence-corrected chi connectivity index (χ2v) is 5.59. The quantitative estimate of drug-likeness (QED) is 0.792. The van der Waals surface area contributed by atoms with E-state index in [9.17, 15) is 13.2 Å². The van der Waals surface area contributed by atoms with Crippen molar-refractivity contribution < 1.29 is 13.2 Å². The first-order chi connectivity index (χ1) is 7.26. The van der Waals surface area contributed by atoms with Crippen molar-refractivity contribution in [3.63, 3.8) is 0 Å². The van der Waals surface area contributed by atoms with Crippen LogP contribution in [0.25, 0.3) is 0 Å². The first-order valence-corrected chi connectivity index (χ1v) is 6.13. The summed E-state index contributed by atoms with van der Waals surface area (Å²) in [5, 5.41) is 0. The molecule has 16 heavy (non-hydrogen) atoms. The Kier molecular flexibility index (Phi) is 3.35. The number of rotatable bonds is 4. The van der Waals surface area contributed by atoms with Crippen LogP contribution < -0.4 is 10.5 Å². The highest BCUT2D eigenvalue weighted by molar-refractivity contribution is 7.89. The summed E-state index contributed by atoms with van der Waals surface area (Å²) in [5.41, 5.74) is 3.78. The molecule has 0 unspecified atom stereocenters. The Morgan fingerprint density at radius 2 is 1.75 bits per heavy atom. The van der Waals surface area contributed by atoms with Crippen LogP contribution in [0.1, 0.15) is 13.8 Å². The van der Waals surface area contributed by atoms with E-state index >= 15 is 0 Å². The molecule has 0 aliphatic carbocycles. The number of amides is 1. The molecule has 0 radical (unpaired) electrons. The average Bonchev–Trinajstić information content (AvgIpc) is 2.17. The van der Waals surface area contributed by atoms with Gasteiger partial charge in [-0.1, -0.05) is 18.2 Å². The van der Waals surface area contributed by atoms with Crippen LogP contribution in [0.4, 0.5) is 0 Å². The van der Waals surface area contributed by atoms with Crippen LogP contribution >= 0.6 is 0 Å². The zero-order valence-electron chi connectivity index (χ0n) is 9.10. The topological polar surface area (TPSA) is 89.3 Å². The van der Waals surface area contributed by atoms with Gasteiger partial charge < -0.3 is 5.73 Å². The van der Waals surface area contributed by atoms with Gasteiger partial charge in [0, 0.05) is 0 Å². The molecule has 1 rings (SSSR count). The summed E-state index contributed by atoms with van der Waals surface area (Å²) in [6.45, 7) is 2.83. The standard InChI is InChI=1S/C10H14N2O3S/c1-10(2,9(11)13)12-16(14,15)8-6-4-3-5-7-8/h3-7,12H,1-2H3,(H2,11,13). The molecule has 0 aromatic heterocycles. The number of carbonyl (C=O) groups excluding carboxylic acids is 1. The van der Waals surface area contributed by atoms with Crippen molar-refractivity contribution in [2.45, 2.75) is 24.3 Å². The number of hydrogen-bond donors (Lipinski definition) is 2. The minimum atomic E-state index is -3.71. The van der Waals surface area contributed by atoms with Gasteiger partial charge in [-0.15, -0.1) is 0 Å². The molecule has 0 fully saturated rings. The SMILES string of the molecule is CC(C)(NS(=O)(=O)c1ccccc1)C(N)=O. The second kappa shape index (κ2) is 4.23. The Bertz CT molecular complexity index is 480. The molecule has 3 N–H and O–H groups in total. The molecule has 0 aliphatic heterocycles. The van der Waals surface area contributed by atoms with Crippen molar-refractivity contribution in [2.24, 2.45) is 5.73 Å². The minimum Gasteiger partial charge on any atom is -0.368 e. The van der Waals surface area contributed by atoms with E-state index in [4.69, 9.17) is 5.73 Å². The van der Waals surface area contributed by atoms with E-state index in [-0.39, 0.29) is 4.90 Å². The van der Waals surface area contributed by atoms with Crippen molar-refractivity contribution in [3.05, 3.63) is 30.3 Å². The van der Waals surface area contributed by atoms with E-state index in [0.29, 0.717) is 0 Å². The second-order valence-electron chi connectivity index (χ2n) is 3.91. The van der Waals surface area contributed by atoms with E-state index in [2.05, 4.69) is 4.72 Å². The highest BCUT2D eigenvalue weighted by Crippen LogP contribution is 2.12. The van der Waals surface area contributed by atoms with Crippen LogP contribution in [0.3, 0.4) is 0 Å². The average molecular weight is 242 g/mol. The normalized spacial score (nSPS) is 12.4. The highest BCUT2D eigenvalue weighted by atomic mass is 32.2. The Balaban J connectivity index is 3.03. The lowest BCUT2D eigenvalue weighted by molar-refractivity contribution is -0.122. The predicted octanol–water partition coefficient (Wildman–Crippen LogP) is 0.229. The van der Waals surface area contributed by atoms with E-state index in [1.165, 1.54) is 26.0 Å². The van der Waals surface area contributed by atoms with Gasteiger partial charge in [-0.3, -0.25) is 4.79 Å². The summed E-state index contributed by atoms with van der Waals surface area (Å²) in [4.78, 5) is 11.1. The van der Waals surface area contributed by atoms with Crippen molar-refractivity contribution in [1.29, 1.82) is 0 Å². The molecule has 6 heteroatoms. The molecule has 1 amide bonds. The number of nitrogens with one attached hydrogen (secondary N) is 1. The molecule has 0 aliphatic rings. The predicted molar refractivity (Wildman–Crippen MR) is 60.0 cm³/mol. The van der Waals surface area contributed by atoms with Crippen LogP contribution in [-0.2, 0) is 14.8 Å². The number of hydrogen-bond acceptors (Lipinski definition) is 3. The summed E-state index contributed by atoms with van der Waals surface area (Å²) in [6, 6.07) is 7.80. The van der Waals surface area contributed by atoms with Gasteiger partial charge in [0.2, 0.25) is 15.9 Å². The van der Waals surface area contributed by atoms with E-state index < -0.39 is 21.5 Å². The zero-order chi connectivity index (χ0) is 12.4. The molecular formula is C10H14N2O3S. The fraction of sp³-hybridized carbons (Fsp3) is 0.300. The lowest BCUT2D eigenvalue weighted by atomic mass is 10.1. The van der Waals surface area contributed by atoms with E-state index in [1.54, 1.807) is 18.2 Å². The van der Waals surface area contributed by atoms with E-state index in [0.717, 1.165) is 0 Å². The lowest BCUT2D eigenvalue weighted by Crippen LogP contribution is -2.52. The summed E-state index contributed by atoms with van der Waals surface area (Å²) < 4.78 is 25.9. The van der Waals surface area contributed by atoms with Gasteiger partial charge in [-0.25, -0.2) is 8.42 Å². The molecule has 1 aromatic rings. The summed E-state index contributed by atoms with van der Waals surface area (Å²) in [5.74, 6) is -0.730. The molecule has 1 aromatic carbocycles. The van der Waals surface area contributed by atoms with Gasteiger partial charge >= 0.3 is 0 Å². The van der Waals surface area contributed by atoms with Crippen LogP contribution in [-0.4, -0.2) is 19.9 Å². The third kappa shape index (κ3) is 2.80. The first kappa shape index (κ1) is 12.7. The Labute approximate surface area is 94.7 Å². The van der Waals surface area contributed by atoms with Crippen LogP contribution in [0.5, 0.6) is 0 Å². The maximum absolute atomic E-state index is 11.8. The molecule has 0 spiro atoms. The largest absolute Gasteiger partial charge is 0.368 e. The Hall–Kier alpha value is -1.40. The van der Waals surface area contributed by atoms with Gasteiger partial charge in [0.25, 0.3) is 0 Å². The number of benzene rings is 1. The molecule has 0 saturated heterocycles. The molecule has 0 bridgehead atoms. The number of carbonyl (C=O) groups is 1. The van der Waals surface area contributed by atoms with Gasteiger partial charge in [0.15, 0.2) is 0 Å². The summed E-state index contributed by atoms with van der Waals surface area (Å²) in [6.07, 6.45) is 0. The molecule has 0 saturated carbocycles. The third-order valence-electron chi connectivity index (χ3n) is 2.06. The molecule has 0 atom stereocenters. The van der Waals surface area contributed by atoms with E-state index in [1.807, 2.05) is 0 Å². The van der Waals surface area contributed by atoms with Gasteiger partial charge in [0.05, 0.1) is 4.90 Å². The fourth-order valence-electron chi connectivity index (χ4n) is 1.04. The fourth-order valence-corrected chi connectivity index (χ4v) is 2.45. The lowest BCUT2D eigenvalue weighted by Gasteiger charge is -2.21. The molecule has 88 valence electrons. The smallest absolute Gasteiger partial charge is 0.241 e. The zero-order valence-corrected chi connectivity index (χ0v) is 9.91. The molecule has 5 nitrogen and oxygen atoms in total. The van der Waals surface area contributed by atoms with Gasteiger partial charge in [-0.05, 0) is 26.0 Å². The third-order valence-corrected chi connectivity index (χ3v) is 3.73. The van der Waals surface area contributed by atoms with Crippen LogP contribution in [0.2, 0.25) is 0 Å². The van der Waals surface area contributed by atoms with Gasteiger partial charge in [-0.2, -0.15) is 4.72 Å². The molecular weight excluding hydrogens is 228 g/mol. The number of primary amides is 1. The van der Waals surface area contributed by atoms with Crippen LogP contribution in [0.15, 0.2) is 35.2 Å². The van der Waals surface area contributed by atoms with Gasteiger partial charge in [0.1, 0.15) is 5.54 Å². The minimum absolute atomic E-state index is 0.101. The van der Waals surface area contributed by atoms with Crippen molar-refractivity contribution >= 4 is 15.9 Å². The Morgan fingerprint density at radius 1 is 1.25 bits per heavy atom.